The molecule has 0 unspecified atom stereocenters. The number of benzene rings is 3. The first kappa shape index (κ1) is 27.9. The minimum absolute atomic E-state index is 0.0934. The van der Waals surface area contributed by atoms with Crippen LogP contribution in [0.4, 0.5) is 5.69 Å². The molecule has 0 aromatic heterocycles. The number of carbonyl (C=O) groups excluding carboxylic acids is 2. The Labute approximate surface area is 220 Å². The third kappa shape index (κ3) is 7.20. The Balaban J connectivity index is 1.99. The van der Waals surface area contributed by atoms with E-state index in [1.54, 1.807) is 36.4 Å². The Morgan fingerprint density at radius 1 is 0.892 bits per heavy atom. The molecule has 37 heavy (non-hydrogen) atoms. The minimum atomic E-state index is -4.04. The van der Waals surface area contributed by atoms with Gasteiger partial charge in [-0.15, -0.1) is 0 Å². The highest BCUT2D eigenvalue weighted by molar-refractivity contribution is 7.92. The SMILES string of the molecule is CCNC(=O)[C@@H](CC)N(CCc1ccccc1)C(=O)CN(c1cccc(C)c1)S(=O)(=O)c1ccccc1. The largest absolute Gasteiger partial charge is 0.355 e. The van der Waals surface area contributed by atoms with E-state index < -0.39 is 28.5 Å². The van der Waals surface area contributed by atoms with Gasteiger partial charge in [-0.2, -0.15) is 0 Å². The molecule has 0 aliphatic rings. The molecule has 1 atom stereocenters. The van der Waals surface area contributed by atoms with E-state index in [9.17, 15) is 18.0 Å². The van der Waals surface area contributed by atoms with Crippen molar-refractivity contribution in [2.45, 2.75) is 44.6 Å². The summed E-state index contributed by atoms with van der Waals surface area (Å²) in [5.41, 5.74) is 2.29. The second-order valence-corrected chi connectivity index (χ2v) is 10.7. The zero-order chi connectivity index (χ0) is 26.8. The van der Waals surface area contributed by atoms with Crippen LogP contribution in [0.1, 0.15) is 31.4 Å². The molecular weight excluding hydrogens is 486 g/mol. The molecule has 196 valence electrons. The third-order valence-electron chi connectivity index (χ3n) is 6.12. The zero-order valence-corrected chi connectivity index (χ0v) is 22.4. The van der Waals surface area contributed by atoms with Crippen molar-refractivity contribution in [2.24, 2.45) is 0 Å². The van der Waals surface area contributed by atoms with E-state index in [-0.39, 0.29) is 17.3 Å². The number of hydrogen-bond donors (Lipinski definition) is 1. The van der Waals surface area contributed by atoms with Crippen molar-refractivity contribution in [2.75, 3.05) is 23.9 Å². The van der Waals surface area contributed by atoms with Crippen LogP contribution in [0.2, 0.25) is 0 Å². The van der Waals surface area contributed by atoms with Gasteiger partial charge in [-0.25, -0.2) is 8.42 Å². The van der Waals surface area contributed by atoms with Gasteiger partial charge in [0.2, 0.25) is 11.8 Å². The van der Waals surface area contributed by atoms with Gasteiger partial charge in [0.25, 0.3) is 10.0 Å². The maximum absolute atomic E-state index is 13.9. The van der Waals surface area contributed by atoms with Gasteiger partial charge in [0.05, 0.1) is 10.6 Å². The van der Waals surface area contributed by atoms with Gasteiger partial charge in [-0.05, 0) is 62.1 Å². The number of aryl methyl sites for hydroxylation is 1. The van der Waals surface area contributed by atoms with E-state index in [2.05, 4.69) is 5.32 Å². The molecule has 0 aliphatic carbocycles. The predicted octanol–water partition coefficient (Wildman–Crippen LogP) is 4.18. The van der Waals surface area contributed by atoms with Gasteiger partial charge in [0, 0.05) is 13.1 Å². The van der Waals surface area contributed by atoms with Crippen LogP contribution in [0, 0.1) is 6.92 Å². The number of likely N-dealkylation sites (N-methyl/N-ethyl adjacent to an activating group) is 1. The van der Waals surface area contributed by atoms with Crippen molar-refractivity contribution in [3.05, 3.63) is 96.1 Å². The number of amides is 2. The molecule has 0 heterocycles. The first-order chi connectivity index (χ1) is 17.8. The summed E-state index contributed by atoms with van der Waals surface area (Å²) >= 11 is 0. The van der Waals surface area contributed by atoms with E-state index in [0.717, 1.165) is 15.4 Å². The van der Waals surface area contributed by atoms with Gasteiger partial charge in [-0.3, -0.25) is 13.9 Å². The summed E-state index contributed by atoms with van der Waals surface area (Å²) in [4.78, 5) is 28.4. The van der Waals surface area contributed by atoms with E-state index in [0.29, 0.717) is 25.1 Å². The number of nitrogens with one attached hydrogen (secondary N) is 1. The fourth-order valence-corrected chi connectivity index (χ4v) is 5.65. The molecular formula is C29H35N3O4S. The highest BCUT2D eigenvalue weighted by atomic mass is 32.2. The first-order valence-corrected chi connectivity index (χ1v) is 14.0. The number of hydrogen-bond acceptors (Lipinski definition) is 4. The van der Waals surface area contributed by atoms with Gasteiger partial charge in [0.1, 0.15) is 12.6 Å². The molecule has 3 aromatic carbocycles. The van der Waals surface area contributed by atoms with Crippen LogP contribution in [0.3, 0.4) is 0 Å². The number of carbonyl (C=O) groups is 2. The van der Waals surface area contributed by atoms with Crippen LogP contribution >= 0.6 is 0 Å². The molecule has 0 fully saturated rings. The summed E-state index contributed by atoms with van der Waals surface area (Å²) in [5.74, 6) is -0.686. The molecule has 2 amide bonds. The maximum Gasteiger partial charge on any atom is 0.264 e. The third-order valence-corrected chi connectivity index (χ3v) is 7.91. The van der Waals surface area contributed by atoms with Crippen molar-refractivity contribution in [3.8, 4) is 0 Å². The molecule has 0 saturated carbocycles. The highest BCUT2D eigenvalue weighted by Gasteiger charge is 2.33. The Hall–Kier alpha value is -3.65. The van der Waals surface area contributed by atoms with Gasteiger partial charge < -0.3 is 10.2 Å². The fourth-order valence-electron chi connectivity index (χ4n) is 4.22. The molecule has 1 N–H and O–H groups in total. The number of anilines is 1. The normalized spacial score (nSPS) is 12.0. The van der Waals surface area contributed by atoms with Crippen LogP contribution in [-0.2, 0) is 26.0 Å². The van der Waals surface area contributed by atoms with Crippen LogP contribution in [0.25, 0.3) is 0 Å². The summed E-state index contributed by atoms with van der Waals surface area (Å²) in [6.45, 7) is 5.84. The molecule has 0 saturated heterocycles. The van der Waals surface area contributed by atoms with E-state index in [1.165, 1.54) is 17.0 Å². The van der Waals surface area contributed by atoms with E-state index in [1.807, 2.05) is 57.2 Å². The number of rotatable bonds is 12. The predicted molar refractivity (Wildman–Crippen MR) is 147 cm³/mol. The molecule has 0 radical (unpaired) electrons. The topological polar surface area (TPSA) is 86.8 Å². The van der Waals surface area contributed by atoms with Crippen molar-refractivity contribution >= 4 is 27.5 Å². The van der Waals surface area contributed by atoms with E-state index >= 15 is 0 Å². The molecule has 0 bridgehead atoms. The standard InChI is InChI=1S/C29H35N3O4S/c1-4-27(29(34)30-5-2)31(20-19-24-14-8-6-9-15-24)28(33)22-32(25-16-12-13-23(3)21-25)37(35,36)26-17-10-7-11-18-26/h6-18,21,27H,4-5,19-20,22H2,1-3H3,(H,30,34)/t27-/m1/s1. The lowest BCUT2D eigenvalue weighted by Gasteiger charge is -2.33. The van der Waals surface area contributed by atoms with Crippen molar-refractivity contribution < 1.29 is 18.0 Å². The lowest BCUT2D eigenvalue weighted by atomic mass is 10.1. The smallest absolute Gasteiger partial charge is 0.264 e. The Morgan fingerprint density at radius 3 is 2.14 bits per heavy atom. The van der Waals surface area contributed by atoms with Crippen molar-refractivity contribution in [1.29, 1.82) is 0 Å². The molecule has 8 heteroatoms. The summed E-state index contributed by atoms with van der Waals surface area (Å²) in [5, 5.41) is 2.81. The maximum atomic E-state index is 13.9. The van der Waals surface area contributed by atoms with Crippen LogP contribution in [0.5, 0.6) is 0 Å². The summed E-state index contributed by atoms with van der Waals surface area (Å²) in [6.07, 6.45) is 0.945. The average molecular weight is 522 g/mol. The molecule has 3 rings (SSSR count). The second kappa shape index (κ2) is 13.1. The Morgan fingerprint density at radius 2 is 1.54 bits per heavy atom. The molecule has 0 aliphatic heterocycles. The Bertz CT molecular complexity index is 1280. The van der Waals surface area contributed by atoms with Crippen molar-refractivity contribution in [3.63, 3.8) is 0 Å². The fraction of sp³-hybridized carbons (Fsp3) is 0.310. The van der Waals surface area contributed by atoms with Gasteiger partial charge >= 0.3 is 0 Å². The quantitative estimate of drug-likeness (QED) is 0.388. The van der Waals surface area contributed by atoms with Crippen LogP contribution in [-0.4, -0.2) is 50.8 Å². The average Bonchev–Trinajstić information content (AvgIpc) is 2.90. The molecule has 0 spiro atoms. The van der Waals surface area contributed by atoms with Crippen LogP contribution in [0.15, 0.2) is 89.8 Å². The first-order valence-electron chi connectivity index (χ1n) is 12.5. The summed E-state index contributed by atoms with van der Waals surface area (Å²) < 4.78 is 28.6. The van der Waals surface area contributed by atoms with Gasteiger partial charge in [0.15, 0.2) is 0 Å². The number of sulfonamides is 1. The summed E-state index contributed by atoms with van der Waals surface area (Å²) in [7, 11) is -4.04. The van der Waals surface area contributed by atoms with E-state index in [4.69, 9.17) is 0 Å². The lowest BCUT2D eigenvalue weighted by molar-refractivity contribution is -0.139. The van der Waals surface area contributed by atoms with Crippen LogP contribution < -0.4 is 9.62 Å². The second-order valence-electron chi connectivity index (χ2n) is 8.81. The highest BCUT2D eigenvalue weighted by Crippen LogP contribution is 2.25. The lowest BCUT2D eigenvalue weighted by Crippen LogP contribution is -2.53. The molecule has 7 nitrogen and oxygen atoms in total. The summed E-state index contributed by atoms with van der Waals surface area (Å²) in [6, 6.07) is 24.1. The monoisotopic (exact) mass is 521 g/mol. The molecule has 3 aromatic rings. The Kier molecular flexibility index (Phi) is 9.85. The van der Waals surface area contributed by atoms with Gasteiger partial charge in [-0.1, -0.05) is 67.6 Å². The number of nitrogens with zero attached hydrogens (tertiary/aromatic N) is 2. The zero-order valence-electron chi connectivity index (χ0n) is 21.6. The minimum Gasteiger partial charge on any atom is -0.355 e. The van der Waals surface area contributed by atoms with Crippen molar-refractivity contribution in [1.82, 2.24) is 10.2 Å².